The van der Waals surface area contributed by atoms with Crippen molar-refractivity contribution in [3.05, 3.63) is 114 Å². The van der Waals surface area contributed by atoms with E-state index >= 15 is 0 Å². The third kappa shape index (κ3) is 5.27. The average molecular weight is 413 g/mol. The molecule has 0 bridgehead atoms. The first-order valence-electron chi connectivity index (χ1n) is 10.8. The van der Waals surface area contributed by atoms with Crippen molar-refractivity contribution in [3.63, 3.8) is 0 Å². The summed E-state index contributed by atoms with van der Waals surface area (Å²) in [5.74, 6) is 1.29. The summed E-state index contributed by atoms with van der Waals surface area (Å²) in [5, 5.41) is 0. The Hall–Kier alpha value is -3.26. The second-order valence-electron chi connectivity index (χ2n) is 7.55. The third-order valence-corrected chi connectivity index (χ3v) is 5.45. The van der Waals surface area contributed by atoms with Gasteiger partial charge in [0, 0.05) is 0 Å². The molecule has 0 amide bonds. The van der Waals surface area contributed by atoms with Gasteiger partial charge in [-0.05, 0) is 23.1 Å². The van der Waals surface area contributed by atoms with Crippen molar-refractivity contribution in [1.29, 1.82) is 0 Å². The molecule has 1 atom stereocenters. The Morgan fingerprint density at radius 2 is 1.29 bits per heavy atom. The summed E-state index contributed by atoms with van der Waals surface area (Å²) < 4.78 is 6.80. The lowest BCUT2D eigenvalue weighted by atomic mass is 9.79. The van der Waals surface area contributed by atoms with E-state index in [-0.39, 0.29) is 5.78 Å². The van der Waals surface area contributed by atoms with Gasteiger partial charge < -0.3 is 4.74 Å². The first-order valence-corrected chi connectivity index (χ1v) is 10.8. The van der Waals surface area contributed by atoms with E-state index in [1.165, 1.54) is 0 Å². The Labute approximate surface area is 184 Å². The van der Waals surface area contributed by atoms with Gasteiger partial charge >= 0.3 is 0 Å². The number of unbranched alkanes of at least 4 members (excludes halogenated alkanes) is 2. The monoisotopic (exact) mass is 412 g/mol. The molecular weight excluding hydrogens is 384 g/mol. The van der Waals surface area contributed by atoms with Gasteiger partial charge in [-0.1, -0.05) is 117 Å². The molecular formula is C28H28O3. The number of hydrogen-bond donors (Lipinski definition) is 0. The summed E-state index contributed by atoms with van der Waals surface area (Å²) in [6.07, 6.45) is 3.61. The average Bonchev–Trinajstić information content (AvgIpc) is 2.83. The number of carbonyl (C=O) groups is 1. The number of rotatable bonds is 11. The van der Waals surface area contributed by atoms with Crippen LogP contribution >= 0.6 is 0 Å². The van der Waals surface area contributed by atoms with Gasteiger partial charge in [-0.25, -0.2) is 4.79 Å². The Bertz CT molecular complexity index is 894. The summed E-state index contributed by atoms with van der Waals surface area (Å²) in [6.45, 7) is 2.12. The van der Waals surface area contributed by atoms with Crippen molar-refractivity contribution in [2.24, 2.45) is 0 Å². The number of ether oxygens (including phenoxy) is 1. The van der Waals surface area contributed by atoms with Crippen molar-refractivity contribution in [2.75, 3.05) is 0 Å². The normalized spacial score (nSPS) is 12.0. The van der Waals surface area contributed by atoms with Gasteiger partial charge in [-0.3, -0.25) is 4.79 Å². The molecule has 0 aliphatic carbocycles. The first-order chi connectivity index (χ1) is 15.2. The van der Waals surface area contributed by atoms with Gasteiger partial charge in [-0.15, -0.1) is 0 Å². The van der Waals surface area contributed by atoms with Crippen molar-refractivity contribution in [3.8, 4) is 0 Å². The van der Waals surface area contributed by atoms with E-state index in [1.54, 1.807) is 5.94 Å². The molecule has 0 aromatic heterocycles. The zero-order chi connectivity index (χ0) is 21.9. The van der Waals surface area contributed by atoms with Gasteiger partial charge in [0.1, 0.15) is 17.6 Å². The molecule has 0 aliphatic heterocycles. The maximum absolute atomic E-state index is 12.9. The summed E-state index contributed by atoms with van der Waals surface area (Å²) in [5.41, 5.74) is 1.79. The van der Waals surface area contributed by atoms with Crippen LogP contribution in [0.1, 0.15) is 49.3 Å². The summed E-state index contributed by atoms with van der Waals surface area (Å²) >= 11 is 0. The molecule has 0 fully saturated rings. The van der Waals surface area contributed by atoms with E-state index in [4.69, 9.17) is 4.74 Å². The van der Waals surface area contributed by atoms with Crippen LogP contribution in [0.25, 0.3) is 0 Å². The summed E-state index contributed by atoms with van der Waals surface area (Å²) in [4.78, 5) is 23.8. The quantitative estimate of drug-likeness (QED) is 0.170. The maximum atomic E-state index is 12.9. The molecule has 3 nitrogen and oxygen atoms in total. The zero-order valence-electron chi connectivity index (χ0n) is 17.9. The molecule has 3 aromatic rings. The van der Waals surface area contributed by atoms with Gasteiger partial charge in [0.15, 0.2) is 5.78 Å². The molecule has 3 aromatic carbocycles. The summed E-state index contributed by atoms with van der Waals surface area (Å²) in [7, 11) is 0. The number of benzene rings is 3. The van der Waals surface area contributed by atoms with Crippen LogP contribution < -0.4 is 0 Å². The molecule has 0 radical (unpaired) electrons. The van der Waals surface area contributed by atoms with E-state index in [2.05, 4.69) is 6.92 Å². The van der Waals surface area contributed by atoms with Crippen molar-refractivity contribution < 1.29 is 14.3 Å². The van der Waals surface area contributed by atoms with Crippen LogP contribution in [0.5, 0.6) is 0 Å². The minimum absolute atomic E-state index is 0.349. The molecule has 158 valence electrons. The molecule has 0 aliphatic rings. The van der Waals surface area contributed by atoms with Crippen LogP contribution in [0.3, 0.4) is 0 Å². The molecule has 0 heterocycles. The number of ketones is 1. The van der Waals surface area contributed by atoms with Gasteiger partial charge in [0.2, 0.25) is 0 Å². The SMILES string of the molecule is CCCCCC(OC(c1ccccc1)(c1ccccc1)c1ccccc1)C(=O)C=C=O. The largest absolute Gasteiger partial charge is 0.349 e. The fraction of sp³-hybridized carbons (Fsp3) is 0.250. The predicted molar refractivity (Wildman–Crippen MR) is 123 cm³/mol. The highest BCUT2D eigenvalue weighted by atomic mass is 16.5. The topological polar surface area (TPSA) is 43.4 Å². The predicted octanol–water partition coefficient (Wildman–Crippen LogP) is 5.90. The van der Waals surface area contributed by atoms with E-state index in [1.807, 2.05) is 91.0 Å². The molecule has 3 heteroatoms. The molecule has 0 spiro atoms. The summed E-state index contributed by atoms with van der Waals surface area (Å²) in [6, 6.07) is 29.8. The molecule has 0 saturated heterocycles. The van der Waals surface area contributed by atoms with E-state index in [0.29, 0.717) is 6.42 Å². The van der Waals surface area contributed by atoms with Crippen molar-refractivity contribution in [1.82, 2.24) is 0 Å². The molecule has 31 heavy (non-hydrogen) atoms. The van der Waals surface area contributed by atoms with Crippen LogP contribution in [0.2, 0.25) is 0 Å². The van der Waals surface area contributed by atoms with Crippen LogP contribution in [0.15, 0.2) is 97.1 Å². The second-order valence-corrected chi connectivity index (χ2v) is 7.55. The van der Waals surface area contributed by atoms with Crippen LogP contribution in [-0.4, -0.2) is 17.8 Å². The fourth-order valence-electron chi connectivity index (χ4n) is 3.93. The minimum atomic E-state index is -0.993. The smallest absolute Gasteiger partial charge is 0.195 e. The Kier molecular flexibility index (Phi) is 8.12. The minimum Gasteiger partial charge on any atom is -0.349 e. The van der Waals surface area contributed by atoms with Crippen molar-refractivity contribution >= 4 is 11.7 Å². The highest BCUT2D eigenvalue weighted by Gasteiger charge is 2.41. The van der Waals surface area contributed by atoms with Crippen LogP contribution in [-0.2, 0) is 19.9 Å². The molecule has 0 N–H and O–H groups in total. The van der Waals surface area contributed by atoms with Crippen LogP contribution in [0.4, 0.5) is 0 Å². The second kappa shape index (κ2) is 11.2. The molecule has 3 rings (SSSR count). The molecule has 0 saturated carbocycles. The first kappa shape index (κ1) is 22.4. The lowest BCUT2D eigenvalue weighted by Crippen LogP contribution is -2.39. The number of hydrogen-bond acceptors (Lipinski definition) is 3. The Morgan fingerprint density at radius 1 is 0.839 bits per heavy atom. The van der Waals surface area contributed by atoms with Gasteiger partial charge in [-0.2, -0.15) is 0 Å². The van der Waals surface area contributed by atoms with Crippen LogP contribution in [0, 0.1) is 0 Å². The van der Waals surface area contributed by atoms with E-state index in [9.17, 15) is 9.59 Å². The van der Waals surface area contributed by atoms with Crippen molar-refractivity contribution in [2.45, 2.75) is 44.3 Å². The lowest BCUT2D eigenvalue weighted by Gasteiger charge is -2.38. The molecule has 1 unspecified atom stereocenters. The van der Waals surface area contributed by atoms with E-state index in [0.717, 1.165) is 42.0 Å². The maximum Gasteiger partial charge on any atom is 0.195 e. The van der Waals surface area contributed by atoms with Gasteiger partial charge in [0.25, 0.3) is 0 Å². The van der Waals surface area contributed by atoms with Gasteiger partial charge in [0.05, 0.1) is 6.08 Å². The van der Waals surface area contributed by atoms with E-state index < -0.39 is 11.7 Å². The standard InChI is InChI=1S/C28H28O3/c1-2-3-7-20-27(26(30)21-22-29)31-28(23-14-8-4-9-15-23,24-16-10-5-11-17-24)25-18-12-6-13-19-25/h4-6,8-19,21,27H,2-3,7,20H2,1H3. The fourth-order valence-corrected chi connectivity index (χ4v) is 3.93. The zero-order valence-corrected chi connectivity index (χ0v) is 17.9. The lowest BCUT2D eigenvalue weighted by molar-refractivity contribution is -0.134. The Balaban J connectivity index is 2.20. The highest BCUT2D eigenvalue weighted by Crippen LogP contribution is 2.42. The Morgan fingerprint density at radius 3 is 1.68 bits per heavy atom. The number of carbonyl (C=O) groups excluding carboxylic acids is 2. The third-order valence-electron chi connectivity index (χ3n) is 5.45. The highest BCUT2D eigenvalue weighted by molar-refractivity contribution is 5.99.